The number of aliphatic hydroxyl groups is 1. The largest absolute Gasteiger partial charge is 0.484 e. The zero-order chi connectivity index (χ0) is 24.9. The molecule has 2 aromatic carbocycles. The lowest BCUT2D eigenvalue weighted by atomic mass is 10.1. The highest BCUT2D eigenvalue weighted by Gasteiger charge is 2.24. The zero-order valence-corrected chi connectivity index (χ0v) is 20.8. The molecule has 0 bridgehead atoms. The van der Waals surface area contributed by atoms with Gasteiger partial charge in [0.25, 0.3) is 0 Å². The third kappa shape index (κ3) is 5.38. The van der Waals surface area contributed by atoms with Crippen LogP contribution in [0.4, 0.5) is 28.8 Å². The fourth-order valence-electron chi connectivity index (χ4n) is 4.53. The molecule has 2 fully saturated rings. The smallest absolute Gasteiger partial charge is 0.229 e. The summed E-state index contributed by atoms with van der Waals surface area (Å²) in [6.07, 6.45) is 2.61. The molecule has 0 aliphatic carbocycles. The summed E-state index contributed by atoms with van der Waals surface area (Å²) in [4.78, 5) is 13.6. The van der Waals surface area contributed by atoms with Gasteiger partial charge in [-0.15, -0.1) is 0 Å². The second kappa shape index (κ2) is 11.1. The van der Waals surface area contributed by atoms with E-state index in [0.29, 0.717) is 32.4 Å². The van der Waals surface area contributed by atoms with Gasteiger partial charge >= 0.3 is 0 Å². The number of para-hydroxylation sites is 1. The topological polar surface area (TPSA) is 92.2 Å². The Balaban J connectivity index is 1.44. The van der Waals surface area contributed by atoms with E-state index in [4.69, 9.17) is 19.2 Å². The van der Waals surface area contributed by atoms with Crippen LogP contribution in [0.5, 0.6) is 5.75 Å². The van der Waals surface area contributed by atoms with Crippen molar-refractivity contribution in [3.8, 4) is 5.75 Å². The predicted octanol–water partition coefficient (Wildman–Crippen LogP) is 3.79. The van der Waals surface area contributed by atoms with E-state index in [2.05, 4.69) is 21.3 Å². The lowest BCUT2D eigenvalue weighted by Gasteiger charge is -2.31. The van der Waals surface area contributed by atoms with Gasteiger partial charge in [-0.1, -0.05) is 18.2 Å². The molecule has 9 nitrogen and oxygen atoms in total. The molecule has 0 spiro atoms. The van der Waals surface area contributed by atoms with Crippen LogP contribution in [0.1, 0.15) is 17.5 Å². The van der Waals surface area contributed by atoms with E-state index in [1.54, 1.807) is 6.20 Å². The standard InChI is InChI=1S/C27H33N5O4/c1-19-6-7-20(17-33)16-24(19)31(2)25-8-10-28-27(30-25)29-22-4-3-5-23(32-11-14-34-15-12-32)26(22)36-21-9-13-35-18-21/h3-8,10,16,21,33H,9,11-15,17-18H2,1-2H3,(H,28,29,30)/t21-/m0/s1. The Kier molecular flexibility index (Phi) is 7.50. The highest BCUT2D eigenvalue weighted by atomic mass is 16.5. The van der Waals surface area contributed by atoms with E-state index in [1.165, 1.54) is 0 Å². The summed E-state index contributed by atoms with van der Waals surface area (Å²) in [5, 5.41) is 13.0. The fraction of sp³-hybridized carbons (Fsp3) is 0.407. The summed E-state index contributed by atoms with van der Waals surface area (Å²) in [6, 6.07) is 13.9. The minimum Gasteiger partial charge on any atom is -0.484 e. The average Bonchev–Trinajstić information content (AvgIpc) is 3.43. The maximum absolute atomic E-state index is 9.57. The summed E-state index contributed by atoms with van der Waals surface area (Å²) >= 11 is 0. The number of rotatable bonds is 8. The van der Waals surface area contributed by atoms with Crippen molar-refractivity contribution >= 4 is 28.8 Å². The van der Waals surface area contributed by atoms with Crippen LogP contribution in [0.2, 0.25) is 0 Å². The Labute approximate surface area is 211 Å². The molecule has 2 N–H and O–H groups in total. The zero-order valence-electron chi connectivity index (χ0n) is 20.8. The molecule has 0 unspecified atom stereocenters. The first kappa shape index (κ1) is 24.3. The lowest BCUT2D eigenvalue weighted by Crippen LogP contribution is -2.36. The summed E-state index contributed by atoms with van der Waals surface area (Å²) < 4.78 is 17.6. The number of aromatic nitrogens is 2. The van der Waals surface area contributed by atoms with Crippen molar-refractivity contribution in [2.24, 2.45) is 0 Å². The van der Waals surface area contributed by atoms with E-state index < -0.39 is 0 Å². The van der Waals surface area contributed by atoms with Crippen molar-refractivity contribution in [1.29, 1.82) is 0 Å². The van der Waals surface area contributed by atoms with Crippen molar-refractivity contribution in [2.75, 3.05) is 61.7 Å². The summed E-state index contributed by atoms with van der Waals surface area (Å²) in [7, 11) is 1.96. The van der Waals surface area contributed by atoms with Crippen LogP contribution in [0.3, 0.4) is 0 Å². The van der Waals surface area contributed by atoms with Crippen LogP contribution in [-0.2, 0) is 16.1 Å². The van der Waals surface area contributed by atoms with Gasteiger partial charge in [-0.3, -0.25) is 0 Å². The van der Waals surface area contributed by atoms with Crippen LogP contribution < -0.4 is 19.9 Å². The van der Waals surface area contributed by atoms with Gasteiger partial charge in [-0.05, 0) is 42.3 Å². The van der Waals surface area contributed by atoms with E-state index in [0.717, 1.165) is 59.3 Å². The van der Waals surface area contributed by atoms with Crippen molar-refractivity contribution < 1.29 is 19.3 Å². The molecule has 0 saturated carbocycles. The molecule has 5 rings (SSSR count). The minimum absolute atomic E-state index is 0.00732. The first-order valence-electron chi connectivity index (χ1n) is 12.4. The summed E-state index contributed by atoms with van der Waals surface area (Å²) in [5.41, 5.74) is 4.76. The number of ether oxygens (including phenoxy) is 3. The molecule has 1 aromatic heterocycles. The van der Waals surface area contributed by atoms with E-state index in [9.17, 15) is 5.11 Å². The number of benzene rings is 2. The molecule has 36 heavy (non-hydrogen) atoms. The molecule has 9 heteroatoms. The Hall–Kier alpha value is -3.40. The highest BCUT2D eigenvalue weighted by molar-refractivity contribution is 5.75. The molecule has 190 valence electrons. The Morgan fingerprint density at radius 1 is 1.14 bits per heavy atom. The lowest BCUT2D eigenvalue weighted by molar-refractivity contribution is 0.121. The molecule has 3 aromatic rings. The van der Waals surface area contributed by atoms with Crippen LogP contribution in [-0.4, -0.2) is 67.7 Å². The van der Waals surface area contributed by atoms with Gasteiger partial charge in [-0.2, -0.15) is 4.98 Å². The van der Waals surface area contributed by atoms with Crippen molar-refractivity contribution in [1.82, 2.24) is 9.97 Å². The molecule has 2 saturated heterocycles. The number of hydrogen-bond donors (Lipinski definition) is 2. The van der Waals surface area contributed by atoms with Gasteiger partial charge in [0.2, 0.25) is 5.95 Å². The molecule has 3 heterocycles. The van der Waals surface area contributed by atoms with Gasteiger partial charge in [-0.25, -0.2) is 4.98 Å². The Morgan fingerprint density at radius 2 is 2.00 bits per heavy atom. The molecular formula is C27H33N5O4. The molecule has 2 aliphatic heterocycles. The van der Waals surface area contributed by atoms with Gasteiger partial charge in [0.1, 0.15) is 11.9 Å². The van der Waals surface area contributed by atoms with Crippen molar-refractivity contribution in [3.63, 3.8) is 0 Å². The van der Waals surface area contributed by atoms with Crippen LogP contribution in [0, 0.1) is 6.92 Å². The molecule has 0 amide bonds. The second-order valence-corrected chi connectivity index (χ2v) is 9.06. The number of nitrogens with zero attached hydrogens (tertiary/aromatic N) is 4. The van der Waals surface area contributed by atoms with Gasteiger partial charge in [0, 0.05) is 38.4 Å². The molecule has 1 atom stereocenters. The first-order valence-corrected chi connectivity index (χ1v) is 12.4. The maximum atomic E-state index is 9.57. The molecule has 0 radical (unpaired) electrons. The van der Waals surface area contributed by atoms with Gasteiger partial charge < -0.3 is 34.4 Å². The van der Waals surface area contributed by atoms with Gasteiger partial charge in [0.15, 0.2) is 5.75 Å². The minimum atomic E-state index is -0.00794. The third-order valence-electron chi connectivity index (χ3n) is 6.57. The quantitative estimate of drug-likeness (QED) is 0.488. The van der Waals surface area contributed by atoms with Crippen LogP contribution >= 0.6 is 0 Å². The van der Waals surface area contributed by atoms with Crippen LogP contribution in [0.25, 0.3) is 0 Å². The normalized spacial score (nSPS) is 17.8. The predicted molar refractivity (Wildman–Crippen MR) is 140 cm³/mol. The SMILES string of the molecule is Cc1ccc(CO)cc1N(C)c1ccnc(Nc2cccc(N3CCOCC3)c2O[C@H]2CCOC2)n1. The van der Waals surface area contributed by atoms with Crippen LogP contribution in [0.15, 0.2) is 48.7 Å². The van der Waals surface area contributed by atoms with E-state index >= 15 is 0 Å². The Bertz CT molecular complexity index is 1180. The van der Waals surface area contributed by atoms with Gasteiger partial charge in [0.05, 0.1) is 44.4 Å². The number of nitrogens with one attached hydrogen (secondary N) is 1. The number of aryl methyl sites for hydroxylation is 1. The molecular weight excluding hydrogens is 458 g/mol. The number of aliphatic hydroxyl groups excluding tert-OH is 1. The van der Waals surface area contributed by atoms with Crippen molar-refractivity contribution in [3.05, 3.63) is 59.8 Å². The summed E-state index contributed by atoms with van der Waals surface area (Å²) in [6.45, 7) is 6.33. The average molecular weight is 492 g/mol. The first-order chi connectivity index (χ1) is 17.6. The highest BCUT2D eigenvalue weighted by Crippen LogP contribution is 2.39. The van der Waals surface area contributed by atoms with Crippen molar-refractivity contribution in [2.45, 2.75) is 26.1 Å². The number of hydrogen-bond acceptors (Lipinski definition) is 9. The summed E-state index contributed by atoms with van der Waals surface area (Å²) in [5.74, 6) is 1.99. The van der Waals surface area contributed by atoms with E-state index in [1.807, 2.05) is 55.3 Å². The number of anilines is 5. The maximum Gasteiger partial charge on any atom is 0.229 e. The third-order valence-corrected chi connectivity index (χ3v) is 6.57. The number of morpholine rings is 1. The molecule has 2 aliphatic rings. The fourth-order valence-corrected chi connectivity index (χ4v) is 4.53. The Morgan fingerprint density at radius 3 is 2.78 bits per heavy atom. The second-order valence-electron chi connectivity index (χ2n) is 9.06. The monoisotopic (exact) mass is 491 g/mol. The van der Waals surface area contributed by atoms with E-state index in [-0.39, 0.29) is 12.7 Å².